The normalized spacial score (nSPS) is 14.9. The summed E-state index contributed by atoms with van der Waals surface area (Å²) in [5.74, 6) is 0.888. The first-order chi connectivity index (χ1) is 17.2. The van der Waals surface area contributed by atoms with Crippen LogP contribution in [0.5, 0.6) is 5.75 Å². The van der Waals surface area contributed by atoms with Crippen molar-refractivity contribution in [1.29, 1.82) is 0 Å². The van der Waals surface area contributed by atoms with Crippen molar-refractivity contribution in [2.75, 3.05) is 13.7 Å². The molecule has 5 aromatic rings. The number of methoxy groups -OCH3 is 1. The molecule has 172 valence electrons. The van der Waals surface area contributed by atoms with Gasteiger partial charge >= 0.3 is 0 Å². The summed E-state index contributed by atoms with van der Waals surface area (Å²) < 4.78 is 5.52. The molecule has 1 N–H and O–H groups in total. The molecular weight excluding hydrogens is 432 g/mol. The van der Waals surface area contributed by atoms with Crippen LogP contribution in [0.3, 0.4) is 0 Å². The number of hydrogen-bond donors (Lipinski definition) is 1. The van der Waals surface area contributed by atoms with E-state index in [1.54, 1.807) is 7.11 Å². The summed E-state index contributed by atoms with van der Waals surface area (Å²) in [5.41, 5.74) is 7.30. The van der Waals surface area contributed by atoms with Crippen molar-refractivity contribution in [1.82, 2.24) is 9.88 Å². The van der Waals surface area contributed by atoms with Gasteiger partial charge in [0, 0.05) is 34.1 Å². The fraction of sp³-hybridized carbons (Fsp3) is 0.129. The van der Waals surface area contributed by atoms with Crippen molar-refractivity contribution in [2.45, 2.75) is 12.5 Å². The Morgan fingerprint density at radius 3 is 2.49 bits per heavy atom. The first kappa shape index (κ1) is 21.2. The number of rotatable bonds is 6. The van der Waals surface area contributed by atoms with Gasteiger partial charge in [0.25, 0.3) is 5.91 Å². The summed E-state index contributed by atoms with van der Waals surface area (Å²) in [4.78, 5) is 19.4. The van der Waals surface area contributed by atoms with Gasteiger partial charge in [-0.15, -0.1) is 0 Å². The predicted molar refractivity (Wildman–Crippen MR) is 140 cm³/mol. The number of H-pyrrole nitrogens is 1. The minimum Gasteiger partial charge on any atom is -0.497 e. The van der Waals surface area contributed by atoms with Crippen molar-refractivity contribution < 1.29 is 9.53 Å². The molecule has 4 nitrogen and oxygen atoms in total. The Bertz CT molecular complexity index is 1520. The van der Waals surface area contributed by atoms with Crippen LogP contribution in [-0.2, 0) is 6.42 Å². The molecule has 1 aliphatic rings. The number of ether oxygens (including phenoxy) is 1. The molecule has 1 atom stereocenters. The Kier molecular flexibility index (Phi) is 5.34. The number of aromatic amines is 1. The molecule has 4 aromatic carbocycles. The maximum Gasteiger partial charge on any atom is 0.255 e. The zero-order chi connectivity index (χ0) is 23.8. The molecule has 0 radical (unpaired) electrons. The Hall–Kier alpha value is -4.31. The third kappa shape index (κ3) is 3.68. The van der Waals surface area contributed by atoms with Crippen LogP contribution in [0.15, 0.2) is 103 Å². The molecular formula is C31H26N2O2. The van der Waals surface area contributed by atoms with Crippen molar-refractivity contribution in [3.63, 3.8) is 0 Å². The first-order valence-electron chi connectivity index (χ1n) is 11.9. The van der Waals surface area contributed by atoms with E-state index in [4.69, 9.17) is 4.74 Å². The van der Waals surface area contributed by atoms with Crippen LogP contribution in [0.25, 0.3) is 22.2 Å². The van der Waals surface area contributed by atoms with Crippen LogP contribution in [0.1, 0.15) is 33.1 Å². The van der Waals surface area contributed by atoms with Gasteiger partial charge < -0.3 is 14.6 Å². The molecule has 0 fully saturated rings. The second-order valence-corrected chi connectivity index (χ2v) is 8.92. The van der Waals surface area contributed by atoms with Gasteiger partial charge in [-0.05, 0) is 41.8 Å². The van der Waals surface area contributed by atoms with Gasteiger partial charge in [-0.1, -0.05) is 78.9 Å². The molecule has 0 saturated carbocycles. The van der Waals surface area contributed by atoms with Gasteiger partial charge in [0.1, 0.15) is 5.75 Å². The Balaban J connectivity index is 1.53. The number of carbonyl (C=O) groups excluding carboxylic acids is 1. The molecule has 35 heavy (non-hydrogen) atoms. The van der Waals surface area contributed by atoms with Crippen molar-refractivity contribution in [2.24, 2.45) is 0 Å². The Labute approximate surface area is 204 Å². The van der Waals surface area contributed by atoms with E-state index in [2.05, 4.69) is 47.4 Å². The number of nitrogens with zero attached hydrogens (tertiary/aromatic N) is 1. The number of nitrogens with one attached hydrogen (secondary N) is 1. The second-order valence-electron chi connectivity index (χ2n) is 8.92. The average Bonchev–Trinajstić information content (AvgIpc) is 3.43. The Morgan fingerprint density at radius 2 is 1.63 bits per heavy atom. The summed E-state index contributed by atoms with van der Waals surface area (Å²) in [5, 5.41) is 1.13. The highest BCUT2D eigenvalue weighted by Crippen LogP contribution is 2.45. The van der Waals surface area contributed by atoms with E-state index in [0.717, 1.165) is 51.0 Å². The minimum atomic E-state index is -0.181. The summed E-state index contributed by atoms with van der Waals surface area (Å²) in [6, 6.07) is 34.6. The lowest BCUT2D eigenvalue weighted by atomic mass is 9.93. The topological polar surface area (TPSA) is 45.3 Å². The molecule has 4 heteroatoms. The third-order valence-electron chi connectivity index (χ3n) is 6.92. The number of amides is 1. The van der Waals surface area contributed by atoms with Gasteiger partial charge in [0.15, 0.2) is 0 Å². The molecule has 0 spiro atoms. The maximum absolute atomic E-state index is 13.7. The second kappa shape index (κ2) is 8.80. The molecule has 2 heterocycles. The monoisotopic (exact) mass is 458 g/mol. The highest BCUT2D eigenvalue weighted by Gasteiger charge is 2.39. The van der Waals surface area contributed by atoms with E-state index in [0.29, 0.717) is 6.54 Å². The van der Waals surface area contributed by atoms with E-state index < -0.39 is 0 Å². The van der Waals surface area contributed by atoms with E-state index in [1.807, 2.05) is 65.6 Å². The fourth-order valence-corrected chi connectivity index (χ4v) is 5.26. The van der Waals surface area contributed by atoms with Crippen LogP contribution in [-0.4, -0.2) is 29.4 Å². The summed E-state index contributed by atoms with van der Waals surface area (Å²) in [6.45, 7) is 0.638. The standard InChI is InChI=1S/C31H26N2O2/c1-35-23-13-9-12-22(20-23)29-28(26-16-7-8-17-27(26)32-29)30-24-14-5-6-15-25(24)31(34)33(30)19-18-21-10-3-2-4-11-21/h2-17,20,30,32H,18-19H2,1H3. The van der Waals surface area contributed by atoms with Gasteiger partial charge in [0.05, 0.1) is 18.8 Å². The van der Waals surface area contributed by atoms with Gasteiger partial charge in [-0.3, -0.25) is 4.79 Å². The lowest BCUT2D eigenvalue weighted by Crippen LogP contribution is -2.31. The quantitative estimate of drug-likeness (QED) is 0.310. The lowest BCUT2D eigenvalue weighted by Gasteiger charge is -2.27. The smallest absolute Gasteiger partial charge is 0.255 e. The lowest BCUT2D eigenvalue weighted by molar-refractivity contribution is 0.0753. The number of fused-ring (bicyclic) bond motifs is 2. The van der Waals surface area contributed by atoms with Crippen molar-refractivity contribution in [3.8, 4) is 17.0 Å². The number of hydrogen-bond acceptors (Lipinski definition) is 2. The molecule has 1 unspecified atom stereocenters. The number of aromatic nitrogens is 1. The predicted octanol–water partition coefficient (Wildman–Crippen LogP) is 6.63. The molecule has 1 aliphatic heterocycles. The Morgan fingerprint density at radius 1 is 0.857 bits per heavy atom. The van der Waals surface area contributed by atoms with E-state index in [-0.39, 0.29) is 11.9 Å². The zero-order valence-corrected chi connectivity index (χ0v) is 19.6. The summed E-state index contributed by atoms with van der Waals surface area (Å²) >= 11 is 0. The fourth-order valence-electron chi connectivity index (χ4n) is 5.26. The molecule has 1 amide bonds. The van der Waals surface area contributed by atoms with Gasteiger partial charge in [0.2, 0.25) is 0 Å². The highest BCUT2D eigenvalue weighted by molar-refractivity contribution is 6.02. The maximum atomic E-state index is 13.7. The number of benzene rings is 4. The SMILES string of the molecule is COc1cccc(-c2[nH]c3ccccc3c2C2c3ccccc3C(=O)N2CCc2ccccc2)c1. The van der Waals surface area contributed by atoms with Crippen molar-refractivity contribution in [3.05, 3.63) is 125 Å². The third-order valence-corrected chi connectivity index (χ3v) is 6.92. The van der Waals surface area contributed by atoms with Crippen LogP contribution >= 0.6 is 0 Å². The summed E-state index contributed by atoms with van der Waals surface area (Å²) in [6.07, 6.45) is 0.800. The molecule has 0 saturated heterocycles. The highest BCUT2D eigenvalue weighted by atomic mass is 16.5. The van der Waals surface area contributed by atoms with Gasteiger partial charge in [-0.2, -0.15) is 0 Å². The average molecular weight is 459 g/mol. The number of para-hydroxylation sites is 1. The van der Waals surface area contributed by atoms with Crippen LogP contribution in [0, 0.1) is 0 Å². The van der Waals surface area contributed by atoms with E-state index in [1.165, 1.54) is 5.56 Å². The van der Waals surface area contributed by atoms with Gasteiger partial charge in [-0.25, -0.2) is 0 Å². The molecule has 6 rings (SSSR count). The van der Waals surface area contributed by atoms with Crippen molar-refractivity contribution >= 4 is 16.8 Å². The minimum absolute atomic E-state index is 0.0865. The largest absolute Gasteiger partial charge is 0.497 e. The van der Waals surface area contributed by atoms with Crippen LogP contribution < -0.4 is 4.74 Å². The molecule has 0 bridgehead atoms. The molecule has 1 aromatic heterocycles. The summed E-state index contributed by atoms with van der Waals surface area (Å²) in [7, 11) is 1.68. The first-order valence-corrected chi connectivity index (χ1v) is 11.9. The van der Waals surface area contributed by atoms with Crippen LogP contribution in [0.4, 0.5) is 0 Å². The van der Waals surface area contributed by atoms with E-state index in [9.17, 15) is 4.79 Å². The van der Waals surface area contributed by atoms with E-state index >= 15 is 0 Å². The number of carbonyl (C=O) groups is 1. The molecule has 0 aliphatic carbocycles. The zero-order valence-electron chi connectivity index (χ0n) is 19.6. The van der Waals surface area contributed by atoms with Crippen LogP contribution in [0.2, 0.25) is 0 Å².